The Morgan fingerprint density at radius 1 is 1.00 bits per heavy atom. The van der Waals surface area contributed by atoms with Gasteiger partial charge < -0.3 is 10.1 Å². The summed E-state index contributed by atoms with van der Waals surface area (Å²) in [5, 5.41) is 4.86. The fourth-order valence-electron chi connectivity index (χ4n) is 1.83. The van der Waals surface area contributed by atoms with E-state index in [-0.39, 0.29) is 0 Å². The molecule has 0 unspecified atom stereocenters. The lowest BCUT2D eigenvalue weighted by Crippen LogP contribution is -2.08. The fraction of sp³-hybridized carbons (Fsp3) is 0.200. The lowest BCUT2D eigenvalue weighted by Gasteiger charge is -2.13. The zero-order valence-electron chi connectivity index (χ0n) is 10.9. The molecular weight excluding hydrogens is 317 g/mol. The van der Waals surface area contributed by atoms with Crippen molar-refractivity contribution in [3.05, 3.63) is 62.6 Å². The molecule has 2 nitrogen and oxygen atoms in total. The number of nitrogens with one attached hydrogen (secondary N) is 1. The highest BCUT2D eigenvalue weighted by atomic mass is 35.5. The van der Waals surface area contributed by atoms with Gasteiger partial charge in [-0.05, 0) is 25.2 Å². The first kappa shape index (κ1) is 15.5. The third-order valence-electron chi connectivity index (χ3n) is 2.80. The molecule has 2 rings (SSSR count). The quantitative estimate of drug-likeness (QED) is 0.838. The summed E-state index contributed by atoms with van der Waals surface area (Å²) in [5.74, 6) is 0.675. The zero-order chi connectivity index (χ0) is 14.5. The third kappa shape index (κ3) is 3.80. The Balaban J connectivity index is 2.18. The SMILES string of the molecule is CNCc1cccc(Cl)c1OCc1ccc(Cl)cc1Cl. The van der Waals surface area contributed by atoms with E-state index in [4.69, 9.17) is 39.5 Å². The van der Waals surface area contributed by atoms with E-state index < -0.39 is 0 Å². The summed E-state index contributed by atoms with van der Waals surface area (Å²) in [6.07, 6.45) is 0. The molecule has 106 valence electrons. The number of halogens is 3. The third-order valence-corrected chi connectivity index (χ3v) is 3.69. The molecular formula is C15H14Cl3NO. The summed E-state index contributed by atoms with van der Waals surface area (Å²) >= 11 is 18.2. The van der Waals surface area contributed by atoms with Gasteiger partial charge in [-0.1, -0.05) is 53.0 Å². The Bertz CT molecular complexity index is 602. The van der Waals surface area contributed by atoms with Crippen LogP contribution in [0, 0.1) is 0 Å². The van der Waals surface area contributed by atoms with Gasteiger partial charge in [0.2, 0.25) is 0 Å². The predicted molar refractivity (Wildman–Crippen MR) is 85.0 cm³/mol. The fourth-order valence-corrected chi connectivity index (χ4v) is 2.55. The number of benzene rings is 2. The standard InChI is InChI=1S/C15H14Cl3NO/c1-19-8-10-3-2-4-13(17)15(10)20-9-11-5-6-12(16)7-14(11)18/h2-7,19H,8-9H2,1H3. The topological polar surface area (TPSA) is 21.3 Å². The highest BCUT2D eigenvalue weighted by Crippen LogP contribution is 2.30. The van der Waals surface area contributed by atoms with Gasteiger partial charge in [0.15, 0.2) is 0 Å². The second-order valence-corrected chi connectivity index (χ2v) is 5.53. The van der Waals surface area contributed by atoms with Crippen LogP contribution in [0.5, 0.6) is 5.75 Å². The average molecular weight is 331 g/mol. The molecule has 0 fully saturated rings. The maximum absolute atomic E-state index is 6.19. The number of rotatable bonds is 5. The van der Waals surface area contributed by atoms with Crippen LogP contribution in [-0.2, 0) is 13.2 Å². The van der Waals surface area contributed by atoms with Gasteiger partial charge in [-0.3, -0.25) is 0 Å². The molecule has 0 aliphatic heterocycles. The van der Waals surface area contributed by atoms with E-state index in [1.165, 1.54) is 0 Å². The van der Waals surface area contributed by atoms with Crippen LogP contribution < -0.4 is 10.1 Å². The highest BCUT2D eigenvalue weighted by Gasteiger charge is 2.09. The minimum Gasteiger partial charge on any atom is -0.487 e. The van der Waals surface area contributed by atoms with E-state index in [0.29, 0.717) is 34.0 Å². The maximum Gasteiger partial charge on any atom is 0.142 e. The van der Waals surface area contributed by atoms with Crippen molar-refractivity contribution >= 4 is 34.8 Å². The van der Waals surface area contributed by atoms with Crippen molar-refractivity contribution in [1.82, 2.24) is 5.32 Å². The monoisotopic (exact) mass is 329 g/mol. The molecule has 1 N–H and O–H groups in total. The van der Waals surface area contributed by atoms with Gasteiger partial charge in [-0.2, -0.15) is 0 Å². The van der Waals surface area contributed by atoms with Crippen LogP contribution in [0.4, 0.5) is 0 Å². The van der Waals surface area contributed by atoms with Crippen LogP contribution in [0.3, 0.4) is 0 Å². The van der Waals surface area contributed by atoms with Crippen molar-refractivity contribution in [3.8, 4) is 5.75 Å². The summed E-state index contributed by atoms with van der Waals surface area (Å²) in [4.78, 5) is 0. The molecule has 0 aliphatic rings. The van der Waals surface area contributed by atoms with Crippen molar-refractivity contribution in [2.75, 3.05) is 7.05 Å². The molecule has 0 heterocycles. The minimum absolute atomic E-state index is 0.344. The molecule has 2 aromatic carbocycles. The molecule has 0 atom stereocenters. The van der Waals surface area contributed by atoms with Gasteiger partial charge in [-0.25, -0.2) is 0 Å². The van der Waals surface area contributed by atoms with Crippen molar-refractivity contribution in [3.63, 3.8) is 0 Å². The predicted octanol–water partition coefficient (Wildman–Crippen LogP) is 4.95. The van der Waals surface area contributed by atoms with Gasteiger partial charge in [0.05, 0.1) is 5.02 Å². The summed E-state index contributed by atoms with van der Waals surface area (Å²) in [5.41, 5.74) is 1.87. The summed E-state index contributed by atoms with van der Waals surface area (Å²) < 4.78 is 5.83. The molecule has 0 aromatic heterocycles. The molecule has 20 heavy (non-hydrogen) atoms. The van der Waals surface area contributed by atoms with E-state index in [2.05, 4.69) is 5.32 Å². The molecule has 0 saturated heterocycles. The van der Waals surface area contributed by atoms with E-state index in [1.54, 1.807) is 18.2 Å². The lowest BCUT2D eigenvalue weighted by molar-refractivity contribution is 0.302. The Morgan fingerprint density at radius 2 is 1.80 bits per heavy atom. The molecule has 0 amide bonds. The van der Waals surface area contributed by atoms with Crippen molar-refractivity contribution in [2.24, 2.45) is 0 Å². The summed E-state index contributed by atoms with van der Waals surface area (Å²) in [6.45, 7) is 1.03. The van der Waals surface area contributed by atoms with Crippen LogP contribution in [0.2, 0.25) is 15.1 Å². The Morgan fingerprint density at radius 3 is 2.50 bits per heavy atom. The Kier molecular flexibility index (Phi) is 5.55. The van der Waals surface area contributed by atoms with Gasteiger partial charge in [0.25, 0.3) is 0 Å². The molecule has 0 radical (unpaired) electrons. The Hall–Kier alpha value is -0.930. The van der Waals surface area contributed by atoms with Gasteiger partial charge in [0, 0.05) is 27.7 Å². The normalized spacial score (nSPS) is 10.6. The average Bonchev–Trinajstić information content (AvgIpc) is 2.40. The molecule has 0 saturated carbocycles. The van der Waals surface area contributed by atoms with Crippen LogP contribution >= 0.6 is 34.8 Å². The number of hydrogen-bond acceptors (Lipinski definition) is 2. The van der Waals surface area contributed by atoms with E-state index in [0.717, 1.165) is 11.1 Å². The van der Waals surface area contributed by atoms with E-state index >= 15 is 0 Å². The van der Waals surface area contributed by atoms with Crippen molar-refractivity contribution < 1.29 is 4.74 Å². The largest absolute Gasteiger partial charge is 0.487 e. The van der Waals surface area contributed by atoms with Crippen LogP contribution in [0.1, 0.15) is 11.1 Å². The van der Waals surface area contributed by atoms with Gasteiger partial charge >= 0.3 is 0 Å². The highest BCUT2D eigenvalue weighted by molar-refractivity contribution is 6.35. The maximum atomic E-state index is 6.19. The number of para-hydroxylation sites is 1. The van der Waals surface area contributed by atoms with E-state index in [1.807, 2.05) is 25.2 Å². The molecule has 5 heteroatoms. The molecule has 2 aromatic rings. The van der Waals surface area contributed by atoms with Crippen LogP contribution in [0.15, 0.2) is 36.4 Å². The molecule has 0 aliphatic carbocycles. The van der Waals surface area contributed by atoms with Crippen molar-refractivity contribution in [2.45, 2.75) is 13.2 Å². The Labute approximate surface area is 133 Å². The first-order chi connectivity index (χ1) is 9.61. The van der Waals surface area contributed by atoms with Gasteiger partial charge in [-0.15, -0.1) is 0 Å². The molecule has 0 bridgehead atoms. The number of ether oxygens (including phenoxy) is 1. The van der Waals surface area contributed by atoms with Gasteiger partial charge in [0.1, 0.15) is 12.4 Å². The second kappa shape index (κ2) is 7.19. The second-order valence-electron chi connectivity index (χ2n) is 4.28. The van der Waals surface area contributed by atoms with Crippen molar-refractivity contribution in [1.29, 1.82) is 0 Å². The smallest absolute Gasteiger partial charge is 0.142 e. The van der Waals surface area contributed by atoms with Crippen LogP contribution in [0.25, 0.3) is 0 Å². The molecule has 0 spiro atoms. The zero-order valence-corrected chi connectivity index (χ0v) is 13.2. The number of hydrogen-bond donors (Lipinski definition) is 1. The van der Waals surface area contributed by atoms with E-state index in [9.17, 15) is 0 Å². The minimum atomic E-state index is 0.344. The summed E-state index contributed by atoms with van der Waals surface area (Å²) in [7, 11) is 1.88. The first-order valence-corrected chi connectivity index (χ1v) is 7.24. The summed E-state index contributed by atoms with van der Waals surface area (Å²) in [6, 6.07) is 11.0. The van der Waals surface area contributed by atoms with Crippen LogP contribution in [-0.4, -0.2) is 7.05 Å². The first-order valence-electron chi connectivity index (χ1n) is 6.10. The lowest BCUT2D eigenvalue weighted by atomic mass is 10.2.